The van der Waals surface area contributed by atoms with E-state index in [0.29, 0.717) is 0 Å². The minimum absolute atomic E-state index is 0.0250. The second-order valence-electron chi connectivity index (χ2n) is 7.39. The number of nitrogens with zero attached hydrogens (tertiary/aromatic N) is 1. The lowest BCUT2D eigenvalue weighted by Gasteiger charge is -2.15. The summed E-state index contributed by atoms with van der Waals surface area (Å²) in [5, 5.41) is 0.0826. The van der Waals surface area contributed by atoms with Gasteiger partial charge >= 0.3 is 6.18 Å². The maximum Gasteiger partial charge on any atom is 0.418 e. The molecule has 0 unspecified atom stereocenters. The van der Waals surface area contributed by atoms with Crippen LogP contribution in [0.4, 0.5) is 23.2 Å². The molecule has 35 heavy (non-hydrogen) atoms. The van der Waals surface area contributed by atoms with Crippen LogP contribution >= 0.6 is 23.2 Å². The highest BCUT2D eigenvalue weighted by Crippen LogP contribution is 2.38. The molecule has 1 N–H and O–H groups in total. The normalized spacial score (nSPS) is 12.1. The topological polar surface area (TPSA) is 68.3 Å². The van der Waals surface area contributed by atoms with Gasteiger partial charge in [-0.15, -0.1) is 0 Å². The predicted molar refractivity (Wildman–Crippen MR) is 125 cm³/mol. The summed E-state index contributed by atoms with van der Waals surface area (Å²) in [7, 11) is -4.28. The molecule has 0 radical (unpaired) electrons. The molecule has 0 aliphatic heterocycles. The van der Waals surface area contributed by atoms with Crippen molar-refractivity contribution in [1.82, 2.24) is 4.98 Å². The summed E-state index contributed by atoms with van der Waals surface area (Å²) in [6.45, 7) is 1.50. The molecule has 5 nitrogen and oxygen atoms in total. The van der Waals surface area contributed by atoms with Crippen molar-refractivity contribution in [2.75, 3.05) is 4.72 Å². The number of para-hydroxylation sites is 1. The van der Waals surface area contributed by atoms with Gasteiger partial charge in [0.15, 0.2) is 5.82 Å². The minimum Gasteiger partial charge on any atom is -0.456 e. The summed E-state index contributed by atoms with van der Waals surface area (Å²) >= 11 is 11.8. The molecule has 0 saturated heterocycles. The molecule has 0 atom stereocenters. The number of benzene rings is 3. The fraction of sp³-hybridized carbons (Fsp3) is 0.0870. The molecule has 1 heterocycles. The Morgan fingerprint density at radius 3 is 2.43 bits per heavy atom. The first-order chi connectivity index (χ1) is 16.3. The summed E-state index contributed by atoms with van der Waals surface area (Å²) in [4.78, 5) is 3.65. The van der Waals surface area contributed by atoms with E-state index in [1.807, 2.05) is 0 Å². The van der Waals surface area contributed by atoms with Crippen LogP contribution in [0.2, 0.25) is 10.0 Å². The van der Waals surface area contributed by atoms with E-state index in [-0.39, 0.29) is 43.0 Å². The van der Waals surface area contributed by atoms with E-state index in [0.717, 1.165) is 24.3 Å². The number of anilines is 1. The predicted octanol–water partition coefficient (Wildman–Crippen LogP) is 7.60. The van der Waals surface area contributed by atoms with Crippen molar-refractivity contribution >= 4 is 49.8 Å². The van der Waals surface area contributed by atoms with Crippen molar-refractivity contribution in [2.45, 2.75) is 18.0 Å². The third kappa shape index (κ3) is 5.29. The highest BCUT2D eigenvalue weighted by Gasteiger charge is 2.33. The van der Waals surface area contributed by atoms with Crippen molar-refractivity contribution in [2.24, 2.45) is 0 Å². The zero-order valence-corrected chi connectivity index (χ0v) is 19.9. The maximum absolute atomic E-state index is 14.8. The Morgan fingerprint density at radius 2 is 1.74 bits per heavy atom. The molecule has 0 spiro atoms. The number of fused-ring (bicyclic) bond motifs is 1. The van der Waals surface area contributed by atoms with Crippen LogP contribution in [-0.4, -0.2) is 13.4 Å². The Hall–Kier alpha value is -3.08. The molecule has 0 bridgehead atoms. The summed E-state index contributed by atoms with van der Waals surface area (Å²) in [6, 6.07) is 12.0. The van der Waals surface area contributed by atoms with Crippen molar-refractivity contribution in [1.29, 1.82) is 0 Å². The van der Waals surface area contributed by atoms with E-state index in [1.54, 1.807) is 0 Å². The number of ether oxygens (including phenoxy) is 1. The maximum atomic E-state index is 14.8. The summed E-state index contributed by atoms with van der Waals surface area (Å²) in [5.74, 6) is -1.04. The molecule has 4 rings (SSSR count). The molecule has 0 amide bonds. The van der Waals surface area contributed by atoms with Gasteiger partial charge < -0.3 is 4.74 Å². The Bertz CT molecular complexity index is 1560. The molecule has 0 aliphatic carbocycles. The molecule has 0 fully saturated rings. The number of hydrogen-bond donors (Lipinski definition) is 1. The van der Waals surface area contributed by atoms with E-state index in [1.165, 1.54) is 43.3 Å². The number of aromatic nitrogens is 1. The van der Waals surface area contributed by atoms with Crippen LogP contribution in [0.3, 0.4) is 0 Å². The number of rotatable bonds is 5. The Kier molecular flexibility index (Phi) is 6.56. The van der Waals surface area contributed by atoms with Gasteiger partial charge in [0.25, 0.3) is 10.0 Å². The van der Waals surface area contributed by atoms with Gasteiger partial charge in [0.05, 0.1) is 21.8 Å². The van der Waals surface area contributed by atoms with Crippen LogP contribution in [0, 0.1) is 12.7 Å². The SMILES string of the molecule is Cc1cc(Oc2ccc(NS(=O)(=O)c3cc(Cl)ccc3Cl)c(F)c2)c2cccc(C(F)(F)F)c2n1. The van der Waals surface area contributed by atoms with Crippen LogP contribution in [0.1, 0.15) is 11.3 Å². The third-order valence-corrected chi connectivity index (χ3v) is 6.91. The van der Waals surface area contributed by atoms with Gasteiger partial charge in [-0.05, 0) is 49.4 Å². The van der Waals surface area contributed by atoms with Crippen molar-refractivity contribution in [3.8, 4) is 11.5 Å². The van der Waals surface area contributed by atoms with Crippen LogP contribution in [0.25, 0.3) is 10.9 Å². The fourth-order valence-corrected chi connectivity index (χ4v) is 5.13. The van der Waals surface area contributed by atoms with Gasteiger partial charge in [0.2, 0.25) is 0 Å². The molecule has 0 saturated carbocycles. The Morgan fingerprint density at radius 1 is 1.00 bits per heavy atom. The number of pyridine rings is 1. The molecule has 1 aromatic heterocycles. The zero-order chi connectivity index (χ0) is 25.5. The number of aryl methyl sites for hydroxylation is 1. The van der Waals surface area contributed by atoms with Gasteiger partial charge in [-0.3, -0.25) is 9.71 Å². The van der Waals surface area contributed by atoms with Crippen molar-refractivity contribution in [3.63, 3.8) is 0 Å². The molecule has 12 heteroatoms. The first-order valence-electron chi connectivity index (χ1n) is 9.78. The van der Waals surface area contributed by atoms with Gasteiger partial charge in [-0.2, -0.15) is 13.2 Å². The number of halogens is 6. The van der Waals surface area contributed by atoms with E-state index in [9.17, 15) is 26.0 Å². The second-order valence-corrected chi connectivity index (χ2v) is 9.88. The summed E-state index contributed by atoms with van der Waals surface area (Å²) in [5.41, 5.74) is -1.38. The zero-order valence-electron chi connectivity index (χ0n) is 17.6. The van der Waals surface area contributed by atoms with Gasteiger partial charge in [0, 0.05) is 28.2 Å². The number of sulfonamides is 1. The monoisotopic (exact) mass is 544 g/mol. The van der Waals surface area contributed by atoms with Crippen LogP contribution in [-0.2, 0) is 16.2 Å². The molecule has 182 valence electrons. The summed E-state index contributed by atoms with van der Waals surface area (Å²) in [6.07, 6.45) is -4.63. The number of nitrogens with one attached hydrogen (secondary N) is 1. The van der Waals surface area contributed by atoms with Gasteiger partial charge in [-0.25, -0.2) is 12.8 Å². The fourth-order valence-electron chi connectivity index (χ4n) is 3.30. The average Bonchev–Trinajstić information content (AvgIpc) is 2.76. The van der Waals surface area contributed by atoms with E-state index in [2.05, 4.69) is 9.71 Å². The van der Waals surface area contributed by atoms with Crippen molar-refractivity contribution in [3.05, 3.63) is 87.8 Å². The molecule has 3 aromatic carbocycles. The number of alkyl halides is 3. The second kappa shape index (κ2) is 9.18. The van der Waals surface area contributed by atoms with Crippen LogP contribution in [0.5, 0.6) is 11.5 Å². The van der Waals surface area contributed by atoms with Gasteiger partial charge in [0.1, 0.15) is 16.4 Å². The first-order valence-corrected chi connectivity index (χ1v) is 12.0. The molecular formula is C23H14Cl2F4N2O3S. The minimum atomic E-state index is -4.63. The molecular weight excluding hydrogens is 531 g/mol. The molecule has 4 aromatic rings. The van der Waals surface area contributed by atoms with Gasteiger partial charge in [-0.1, -0.05) is 29.3 Å². The number of hydrogen-bond acceptors (Lipinski definition) is 4. The smallest absolute Gasteiger partial charge is 0.418 e. The lowest BCUT2D eigenvalue weighted by Crippen LogP contribution is -2.14. The highest BCUT2D eigenvalue weighted by atomic mass is 35.5. The third-order valence-electron chi connectivity index (χ3n) is 4.83. The molecule has 0 aliphatic rings. The highest BCUT2D eigenvalue weighted by molar-refractivity contribution is 7.92. The Balaban J connectivity index is 1.67. The lowest BCUT2D eigenvalue weighted by atomic mass is 10.1. The largest absolute Gasteiger partial charge is 0.456 e. The average molecular weight is 545 g/mol. The van der Waals surface area contributed by atoms with Crippen LogP contribution in [0.15, 0.2) is 65.6 Å². The summed E-state index contributed by atoms with van der Waals surface area (Å²) < 4.78 is 88.0. The van der Waals surface area contributed by atoms with E-state index < -0.39 is 33.3 Å². The van der Waals surface area contributed by atoms with E-state index >= 15 is 0 Å². The van der Waals surface area contributed by atoms with Crippen LogP contribution < -0.4 is 9.46 Å². The lowest BCUT2D eigenvalue weighted by molar-refractivity contribution is -0.136. The van der Waals surface area contributed by atoms with Crippen molar-refractivity contribution < 1.29 is 30.7 Å². The Labute approximate surface area is 207 Å². The first kappa shape index (κ1) is 25.0. The standard InChI is InChI=1S/C23H14Cl2F4N2O3S/c1-12-9-20(15-3-2-4-16(22(15)30-12)23(27,28)29)34-14-6-8-19(18(26)11-14)31-35(32,33)21-10-13(24)5-7-17(21)25/h2-11,31H,1H3. The quantitative estimate of drug-likeness (QED) is 0.262. The van der Waals surface area contributed by atoms with E-state index in [4.69, 9.17) is 27.9 Å².